The van der Waals surface area contributed by atoms with E-state index in [0.717, 1.165) is 25.0 Å². The summed E-state index contributed by atoms with van der Waals surface area (Å²) in [5, 5.41) is 8.65. The highest BCUT2D eigenvalue weighted by Gasteiger charge is 2.44. The summed E-state index contributed by atoms with van der Waals surface area (Å²) in [6, 6.07) is 0. The van der Waals surface area contributed by atoms with Crippen molar-refractivity contribution < 1.29 is 19.4 Å². The lowest BCUT2D eigenvalue weighted by Crippen LogP contribution is -2.22. The average Bonchev–Trinajstić information content (AvgIpc) is 2.98. The van der Waals surface area contributed by atoms with Gasteiger partial charge in [-0.15, -0.1) is 11.8 Å². The number of carbonyl (C=O) groups excluding carboxylic acids is 1. The molecule has 1 aliphatic carbocycles. The molecule has 0 spiro atoms. The van der Waals surface area contributed by atoms with Gasteiger partial charge in [0, 0.05) is 5.75 Å². The SMILES string of the molecule is CCOC(=O)C(CC)SCC1(CC(=O)O)CC1. The highest BCUT2D eigenvalue weighted by molar-refractivity contribution is 8.00. The van der Waals surface area contributed by atoms with E-state index in [0.29, 0.717) is 6.61 Å². The molecule has 1 fully saturated rings. The van der Waals surface area contributed by atoms with Crippen LogP contribution in [0.15, 0.2) is 0 Å². The number of carbonyl (C=O) groups is 2. The number of hydrogen-bond donors (Lipinski definition) is 1. The van der Waals surface area contributed by atoms with Crippen LogP contribution in [0.2, 0.25) is 0 Å². The Labute approximate surface area is 106 Å². The molecular formula is C12H20O4S. The molecule has 1 saturated carbocycles. The van der Waals surface area contributed by atoms with Crippen LogP contribution in [0.4, 0.5) is 0 Å². The lowest BCUT2D eigenvalue weighted by atomic mass is 10.1. The molecule has 5 heteroatoms. The van der Waals surface area contributed by atoms with E-state index in [2.05, 4.69) is 0 Å². The smallest absolute Gasteiger partial charge is 0.319 e. The molecule has 0 heterocycles. The van der Waals surface area contributed by atoms with E-state index in [4.69, 9.17) is 9.84 Å². The van der Waals surface area contributed by atoms with Crippen LogP contribution < -0.4 is 0 Å². The van der Waals surface area contributed by atoms with Crippen LogP contribution in [0.1, 0.15) is 39.5 Å². The Morgan fingerprint density at radius 1 is 1.41 bits per heavy atom. The zero-order valence-corrected chi connectivity index (χ0v) is 11.2. The van der Waals surface area contributed by atoms with Gasteiger partial charge in [-0.05, 0) is 31.6 Å². The van der Waals surface area contributed by atoms with Gasteiger partial charge in [-0.3, -0.25) is 9.59 Å². The standard InChI is InChI=1S/C12H20O4S/c1-3-9(11(15)16-4-2)17-8-12(5-6-12)7-10(13)14/h9H,3-8H2,1-2H3,(H,13,14). The fourth-order valence-corrected chi connectivity index (χ4v) is 3.12. The van der Waals surface area contributed by atoms with Gasteiger partial charge in [0.25, 0.3) is 0 Å². The Hall–Kier alpha value is -0.710. The molecule has 0 saturated heterocycles. The lowest BCUT2D eigenvalue weighted by molar-refractivity contribution is -0.142. The molecule has 1 aliphatic rings. The summed E-state index contributed by atoms with van der Waals surface area (Å²) >= 11 is 1.54. The van der Waals surface area contributed by atoms with Crippen LogP contribution in [-0.2, 0) is 14.3 Å². The number of hydrogen-bond acceptors (Lipinski definition) is 4. The molecule has 1 N–H and O–H groups in total. The first-order chi connectivity index (χ1) is 8.03. The van der Waals surface area contributed by atoms with Gasteiger partial charge in [-0.2, -0.15) is 0 Å². The third-order valence-corrected chi connectivity index (χ3v) is 4.70. The number of aliphatic carboxylic acids is 1. The van der Waals surface area contributed by atoms with Crippen molar-refractivity contribution in [2.45, 2.75) is 44.8 Å². The topological polar surface area (TPSA) is 63.6 Å². The largest absolute Gasteiger partial charge is 0.481 e. The third kappa shape index (κ3) is 4.58. The van der Waals surface area contributed by atoms with Gasteiger partial charge >= 0.3 is 11.9 Å². The van der Waals surface area contributed by atoms with Crippen molar-refractivity contribution in [2.75, 3.05) is 12.4 Å². The van der Waals surface area contributed by atoms with Gasteiger partial charge < -0.3 is 9.84 Å². The van der Waals surface area contributed by atoms with Gasteiger partial charge in [0.15, 0.2) is 0 Å². The minimum Gasteiger partial charge on any atom is -0.481 e. The molecule has 98 valence electrons. The molecule has 0 amide bonds. The molecule has 0 aromatic rings. The van der Waals surface area contributed by atoms with E-state index in [1.165, 1.54) is 0 Å². The summed E-state index contributed by atoms with van der Waals surface area (Å²) in [6.45, 7) is 4.14. The quantitative estimate of drug-likeness (QED) is 0.678. The second-order valence-corrected chi connectivity index (χ2v) is 5.72. The predicted octanol–water partition coefficient (Wildman–Crippen LogP) is 2.32. The van der Waals surface area contributed by atoms with Gasteiger partial charge in [0.2, 0.25) is 0 Å². The Morgan fingerprint density at radius 3 is 2.47 bits per heavy atom. The Kier molecular flexibility index (Phi) is 5.31. The third-order valence-electron chi connectivity index (χ3n) is 2.99. The molecule has 1 atom stereocenters. The minimum atomic E-state index is -0.743. The van der Waals surface area contributed by atoms with Crippen LogP contribution in [0.3, 0.4) is 0 Å². The van der Waals surface area contributed by atoms with Crippen LogP contribution in [-0.4, -0.2) is 34.7 Å². The monoisotopic (exact) mass is 260 g/mol. The first-order valence-corrected chi connectivity index (χ1v) is 7.08. The number of carboxylic acid groups (broad SMARTS) is 1. The summed E-state index contributed by atoms with van der Waals surface area (Å²) < 4.78 is 4.99. The number of ether oxygens (including phenoxy) is 1. The first kappa shape index (κ1) is 14.4. The number of esters is 1. The lowest BCUT2D eigenvalue weighted by Gasteiger charge is -2.17. The highest BCUT2D eigenvalue weighted by Crippen LogP contribution is 2.51. The van der Waals surface area contributed by atoms with Crippen molar-refractivity contribution in [2.24, 2.45) is 5.41 Å². The molecule has 0 aliphatic heterocycles. The number of rotatable bonds is 8. The van der Waals surface area contributed by atoms with Gasteiger partial charge in [0.05, 0.1) is 13.0 Å². The predicted molar refractivity (Wildman–Crippen MR) is 67.1 cm³/mol. The Morgan fingerprint density at radius 2 is 2.06 bits per heavy atom. The van der Waals surface area contributed by atoms with Crippen molar-refractivity contribution >= 4 is 23.7 Å². The molecule has 0 bridgehead atoms. The normalized spacial score (nSPS) is 18.5. The zero-order chi connectivity index (χ0) is 12.9. The average molecular weight is 260 g/mol. The summed E-state index contributed by atoms with van der Waals surface area (Å²) in [6.07, 6.45) is 2.88. The van der Waals surface area contributed by atoms with Crippen LogP contribution in [0, 0.1) is 5.41 Å². The molecule has 1 unspecified atom stereocenters. The van der Waals surface area contributed by atoms with Crippen molar-refractivity contribution in [3.8, 4) is 0 Å². The maximum atomic E-state index is 11.6. The maximum Gasteiger partial charge on any atom is 0.319 e. The van der Waals surface area contributed by atoms with E-state index in [1.807, 2.05) is 6.92 Å². The molecule has 0 aromatic carbocycles. The van der Waals surface area contributed by atoms with Crippen LogP contribution in [0.5, 0.6) is 0 Å². The molecule has 0 radical (unpaired) electrons. The van der Waals surface area contributed by atoms with E-state index < -0.39 is 5.97 Å². The van der Waals surface area contributed by atoms with Crippen LogP contribution >= 0.6 is 11.8 Å². The zero-order valence-electron chi connectivity index (χ0n) is 10.4. The summed E-state index contributed by atoms with van der Waals surface area (Å²) in [5.74, 6) is -0.171. The Balaban J connectivity index is 2.37. The van der Waals surface area contributed by atoms with E-state index in [1.54, 1.807) is 18.7 Å². The first-order valence-electron chi connectivity index (χ1n) is 6.03. The fraction of sp³-hybridized carbons (Fsp3) is 0.833. The van der Waals surface area contributed by atoms with Gasteiger partial charge in [-0.1, -0.05) is 6.92 Å². The maximum absolute atomic E-state index is 11.6. The highest BCUT2D eigenvalue weighted by atomic mass is 32.2. The van der Waals surface area contributed by atoms with Gasteiger partial charge in [0.1, 0.15) is 5.25 Å². The molecular weight excluding hydrogens is 240 g/mol. The van der Waals surface area contributed by atoms with Crippen LogP contribution in [0.25, 0.3) is 0 Å². The van der Waals surface area contributed by atoms with Crippen molar-refractivity contribution in [1.29, 1.82) is 0 Å². The fourth-order valence-electron chi connectivity index (χ4n) is 1.73. The van der Waals surface area contributed by atoms with Gasteiger partial charge in [-0.25, -0.2) is 0 Å². The molecule has 0 aromatic heterocycles. The van der Waals surface area contributed by atoms with Crippen molar-refractivity contribution in [1.82, 2.24) is 0 Å². The van der Waals surface area contributed by atoms with Crippen molar-refractivity contribution in [3.05, 3.63) is 0 Å². The molecule has 4 nitrogen and oxygen atoms in total. The Bertz CT molecular complexity index is 286. The molecule has 1 rings (SSSR count). The number of thioether (sulfide) groups is 1. The summed E-state index contributed by atoms with van der Waals surface area (Å²) in [7, 11) is 0. The van der Waals surface area contributed by atoms with E-state index in [9.17, 15) is 9.59 Å². The van der Waals surface area contributed by atoms with Crippen molar-refractivity contribution in [3.63, 3.8) is 0 Å². The minimum absolute atomic E-state index is 0.0591. The second kappa shape index (κ2) is 6.28. The second-order valence-electron chi connectivity index (χ2n) is 4.53. The van der Waals surface area contributed by atoms with E-state index in [-0.39, 0.29) is 23.1 Å². The summed E-state index contributed by atoms with van der Waals surface area (Å²) in [5.41, 5.74) is -0.0591. The molecule has 17 heavy (non-hydrogen) atoms. The van der Waals surface area contributed by atoms with E-state index >= 15 is 0 Å². The summed E-state index contributed by atoms with van der Waals surface area (Å²) in [4.78, 5) is 22.3. The number of carboxylic acids is 1.